The molecule has 0 fully saturated rings. The van der Waals surface area contributed by atoms with Crippen molar-refractivity contribution < 1.29 is 9.53 Å². The molecule has 0 spiro atoms. The molecule has 0 aliphatic carbocycles. The molecule has 0 aliphatic heterocycles. The highest BCUT2D eigenvalue weighted by atomic mass is 32.1. The molecule has 0 bridgehead atoms. The van der Waals surface area contributed by atoms with Crippen LogP contribution in [0.2, 0.25) is 0 Å². The van der Waals surface area contributed by atoms with Crippen LogP contribution in [-0.2, 0) is 16.1 Å². The monoisotopic (exact) mass is 305 g/mol. The summed E-state index contributed by atoms with van der Waals surface area (Å²) in [5, 5.41) is 5.62. The summed E-state index contributed by atoms with van der Waals surface area (Å²) in [4.78, 5) is 16.5. The number of methoxy groups -OCH3 is 1. The van der Waals surface area contributed by atoms with Gasteiger partial charge in [0.25, 0.3) is 0 Å². The van der Waals surface area contributed by atoms with Gasteiger partial charge in [-0.05, 0) is 12.5 Å². The Morgan fingerprint density at radius 1 is 1.43 bits per heavy atom. The summed E-state index contributed by atoms with van der Waals surface area (Å²) in [6.45, 7) is 2.30. The average molecular weight is 305 g/mol. The van der Waals surface area contributed by atoms with Gasteiger partial charge >= 0.3 is 0 Å². The van der Waals surface area contributed by atoms with Gasteiger partial charge < -0.3 is 15.8 Å². The number of nitrogens with two attached hydrogens (primary N) is 1. The lowest BCUT2D eigenvalue weighted by Gasteiger charge is -2.11. The van der Waals surface area contributed by atoms with Crippen LogP contribution < -0.4 is 11.1 Å². The molecule has 0 aliphatic rings. The Balaban J connectivity index is 1.90. The zero-order chi connectivity index (χ0) is 15.2. The van der Waals surface area contributed by atoms with Crippen molar-refractivity contribution in [2.45, 2.75) is 25.6 Å². The summed E-state index contributed by atoms with van der Waals surface area (Å²) in [6.07, 6.45) is -0.0361. The number of benzene rings is 1. The Morgan fingerprint density at radius 2 is 2.14 bits per heavy atom. The smallest absolute Gasteiger partial charge is 0.241 e. The summed E-state index contributed by atoms with van der Waals surface area (Å²) < 4.78 is 5.21. The number of carbonyl (C=O) groups excluding carboxylic acids is 1. The van der Waals surface area contributed by atoms with Crippen molar-refractivity contribution >= 4 is 17.2 Å². The van der Waals surface area contributed by atoms with E-state index < -0.39 is 6.04 Å². The average Bonchev–Trinajstić information content (AvgIpc) is 3.01. The van der Waals surface area contributed by atoms with Gasteiger partial charge in [0, 0.05) is 12.5 Å². The minimum atomic E-state index is -0.665. The van der Waals surface area contributed by atoms with Crippen LogP contribution in [-0.4, -0.2) is 18.0 Å². The van der Waals surface area contributed by atoms with E-state index in [-0.39, 0.29) is 12.0 Å². The van der Waals surface area contributed by atoms with Gasteiger partial charge in [-0.2, -0.15) is 0 Å². The highest BCUT2D eigenvalue weighted by Crippen LogP contribution is 2.20. The maximum absolute atomic E-state index is 12.0. The van der Waals surface area contributed by atoms with E-state index in [0.717, 1.165) is 16.3 Å². The van der Waals surface area contributed by atoms with E-state index in [9.17, 15) is 4.79 Å². The van der Waals surface area contributed by atoms with Gasteiger partial charge in [-0.3, -0.25) is 4.79 Å². The fourth-order valence-corrected chi connectivity index (χ4v) is 2.64. The van der Waals surface area contributed by atoms with Gasteiger partial charge in [0.15, 0.2) is 0 Å². The third kappa shape index (κ3) is 4.10. The highest BCUT2D eigenvalue weighted by molar-refractivity contribution is 7.09. The maximum Gasteiger partial charge on any atom is 0.241 e. The van der Waals surface area contributed by atoms with Gasteiger partial charge in [-0.25, -0.2) is 4.98 Å². The first-order valence-corrected chi connectivity index (χ1v) is 7.55. The molecule has 1 amide bonds. The molecule has 2 aromatic rings. The molecule has 1 aromatic heterocycles. The lowest BCUT2D eigenvalue weighted by Crippen LogP contribution is -2.33. The predicted molar refractivity (Wildman–Crippen MR) is 82.8 cm³/mol. The molecule has 1 heterocycles. The minimum Gasteiger partial charge on any atom is -0.375 e. The molecule has 0 saturated heterocycles. The van der Waals surface area contributed by atoms with E-state index >= 15 is 0 Å². The fraction of sp³-hybridized carbons (Fsp3) is 0.333. The van der Waals surface area contributed by atoms with Crippen LogP contribution >= 0.6 is 11.3 Å². The van der Waals surface area contributed by atoms with Crippen molar-refractivity contribution in [1.29, 1.82) is 0 Å². The largest absolute Gasteiger partial charge is 0.375 e. The zero-order valence-corrected chi connectivity index (χ0v) is 12.9. The van der Waals surface area contributed by atoms with E-state index in [4.69, 9.17) is 10.5 Å². The molecule has 112 valence electrons. The Hall–Kier alpha value is -1.76. The molecule has 6 heteroatoms. The first-order valence-electron chi connectivity index (χ1n) is 6.67. The van der Waals surface area contributed by atoms with Crippen LogP contribution in [0.1, 0.15) is 35.3 Å². The normalized spacial score (nSPS) is 13.7. The van der Waals surface area contributed by atoms with Gasteiger partial charge in [-0.15, -0.1) is 11.3 Å². The van der Waals surface area contributed by atoms with Crippen molar-refractivity contribution in [3.05, 3.63) is 52.0 Å². The standard InChI is InChI=1S/C15H19N3O2S/c1-10(20-2)15-18-12(9-21-15)8-17-14(19)13(16)11-6-4-3-5-7-11/h3-7,9-10,13H,8,16H2,1-2H3,(H,17,19). The van der Waals surface area contributed by atoms with Crippen molar-refractivity contribution in [3.63, 3.8) is 0 Å². The summed E-state index contributed by atoms with van der Waals surface area (Å²) >= 11 is 1.52. The summed E-state index contributed by atoms with van der Waals surface area (Å²) in [7, 11) is 1.65. The molecule has 2 rings (SSSR count). The van der Waals surface area contributed by atoms with E-state index in [2.05, 4.69) is 10.3 Å². The van der Waals surface area contributed by atoms with E-state index in [1.165, 1.54) is 11.3 Å². The molecule has 2 atom stereocenters. The zero-order valence-electron chi connectivity index (χ0n) is 12.1. The molecule has 2 unspecified atom stereocenters. The number of aromatic nitrogens is 1. The Bertz CT molecular complexity index is 586. The van der Waals surface area contributed by atoms with E-state index in [1.807, 2.05) is 42.6 Å². The first kappa shape index (κ1) is 15.6. The van der Waals surface area contributed by atoms with E-state index in [1.54, 1.807) is 7.11 Å². The lowest BCUT2D eigenvalue weighted by molar-refractivity contribution is -0.122. The van der Waals surface area contributed by atoms with Crippen LogP contribution in [0.25, 0.3) is 0 Å². The van der Waals surface area contributed by atoms with Crippen LogP contribution in [0.3, 0.4) is 0 Å². The second-order valence-corrected chi connectivity index (χ2v) is 5.55. The number of ether oxygens (including phenoxy) is 1. The van der Waals surface area contributed by atoms with Gasteiger partial charge in [-0.1, -0.05) is 30.3 Å². The SMILES string of the molecule is COC(C)c1nc(CNC(=O)C(N)c2ccccc2)cs1. The van der Waals surface area contributed by atoms with Crippen molar-refractivity contribution in [2.75, 3.05) is 7.11 Å². The molecule has 0 saturated carbocycles. The molecule has 21 heavy (non-hydrogen) atoms. The summed E-state index contributed by atoms with van der Waals surface area (Å²) in [5.41, 5.74) is 7.53. The number of nitrogens with zero attached hydrogens (tertiary/aromatic N) is 1. The quantitative estimate of drug-likeness (QED) is 0.857. The highest BCUT2D eigenvalue weighted by Gasteiger charge is 2.16. The van der Waals surface area contributed by atoms with Crippen LogP contribution in [0.5, 0.6) is 0 Å². The van der Waals surface area contributed by atoms with E-state index in [0.29, 0.717) is 6.54 Å². The number of hydrogen-bond acceptors (Lipinski definition) is 5. The predicted octanol–water partition coefficient (Wildman–Crippen LogP) is 2.17. The number of hydrogen-bond donors (Lipinski definition) is 2. The Kier molecular flexibility index (Phi) is 5.44. The Morgan fingerprint density at radius 3 is 2.81 bits per heavy atom. The van der Waals surface area contributed by atoms with Gasteiger partial charge in [0.1, 0.15) is 17.2 Å². The van der Waals surface area contributed by atoms with Crippen molar-refractivity contribution in [2.24, 2.45) is 5.73 Å². The fourth-order valence-electron chi connectivity index (χ4n) is 1.79. The second-order valence-electron chi connectivity index (χ2n) is 4.66. The minimum absolute atomic E-state index is 0.0361. The molecule has 0 radical (unpaired) electrons. The molecule has 5 nitrogen and oxygen atoms in total. The van der Waals surface area contributed by atoms with Crippen LogP contribution in [0.15, 0.2) is 35.7 Å². The third-order valence-electron chi connectivity index (χ3n) is 3.16. The first-order chi connectivity index (χ1) is 10.1. The summed E-state index contributed by atoms with van der Waals surface area (Å²) in [6, 6.07) is 8.63. The lowest BCUT2D eigenvalue weighted by atomic mass is 10.1. The van der Waals surface area contributed by atoms with Crippen LogP contribution in [0.4, 0.5) is 0 Å². The molecular formula is C15H19N3O2S. The maximum atomic E-state index is 12.0. The number of nitrogens with one attached hydrogen (secondary N) is 1. The molecule has 1 aromatic carbocycles. The summed E-state index contributed by atoms with van der Waals surface area (Å²) in [5.74, 6) is -0.212. The van der Waals surface area contributed by atoms with Crippen molar-refractivity contribution in [3.8, 4) is 0 Å². The third-order valence-corrected chi connectivity index (χ3v) is 4.21. The molecular weight excluding hydrogens is 286 g/mol. The number of rotatable bonds is 6. The van der Waals surface area contributed by atoms with Gasteiger partial charge in [0.2, 0.25) is 5.91 Å². The Labute approximate surface area is 128 Å². The van der Waals surface area contributed by atoms with Gasteiger partial charge in [0.05, 0.1) is 12.2 Å². The second kappa shape index (κ2) is 7.31. The number of thiazole rings is 1. The number of amides is 1. The molecule has 3 N–H and O–H groups in total. The van der Waals surface area contributed by atoms with Crippen LogP contribution in [0, 0.1) is 0 Å². The number of carbonyl (C=O) groups is 1. The van der Waals surface area contributed by atoms with Crippen molar-refractivity contribution in [1.82, 2.24) is 10.3 Å². The topological polar surface area (TPSA) is 77.2 Å².